The molecule has 0 aliphatic carbocycles. The lowest BCUT2D eigenvalue weighted by Crippen LogP contribution is -3.00. The van der Waals surface area contributed by atoms with Crippen LogP contribution in [0.3, 0.4) is 0 Å². The van der Waals surface area contributed by atoms with Crippen LogP contribution >= 0.6 is 0 Å². The smallest absolute Gasteiger partial charge is 0.229 e. The summed E-state index contributed by atoms with van der Waals surface area (Å²) in [7, 11) is -3.33. The highest BCUT2D eigenvalue weighted by atomic mass is 79.9. The Balaban J connectivity index is 0.00000529. The molecule has 0 aliphatic rings. The van der Waals surface area contributed by atoms with E-state index in [1.807, 2.05) is 13.8 Å². The van der Waals surface area contributed by atoms with E-state index in [0.29, 0.717) is 28.8 Å². The molecule has 0 saturated heterocycles. The molecule has 24 heavy (non-hydrogen) atoms. The molecule has 1 rings (SSSR count). The highest BCUT2D eigenvalue weighted by Gasteiger charge is 2.29. The Kier molecular flexibility index (Phi) is 9.12. The van der Waals surface area contributed by atoms with Crippen molar-refractivity contribution in [1.29, 1.82) is 0 Å². The van der Waals surface area contributed by atoms with Gasteiger partial charge in [-0.2, -0.15) is 0 Å². The molecule has 0 aliphatic heterocycles. The molecule has 0 radical (unpaired) electrons. The van der Waals surface area contributed by atoms with Crippen molar-refractivity contribution in [2.75, 3.05) is 37.2 Å². The quantitative estimate of drug-likeness (QED) is 0.374. The Morgan fingerprint density at radius 1 is 1.21 bits per heavy atom. The van der Waals surface area contributed by atoms with Crippen LogP contribution in [0.5, 0.6) is 0 Å². The van der Waals surface area contributed by atoms with Crippen molar-refractivity contribution in [3.05, 3.63) is 29.8 Å². The van der Waals surface area contributed by atoms with Crippen LogP contribution in [0.2, 0.25) is 0 Å². The first-order valence-corrected chi connectivity index (χ1v) is 9.64. The van der Waals surface area contributed by atoms with Crippen molar-refractivity contribution in [2.24, 2.45) is 0 Å². The van der Waals surface area contributed by atoms with Gasteiger partial charge in [0, 0.05) is 11.3 Å². The zero-order valence-electron chi connectivity index (χ0n) is 14.6. The number of halogens is 1. The minimum atomic E-state index is -3.33. The number of ketones is 1. The summed E-state index contributed by atoms with van der Waals surface area (Å²) in [5.41, 5.74) is 0.971. The third-order valence-electron chi connectivity index (χ3n) is 3.98. The monoisotopic (exact) mass is 422 g/mol. The molecule has 0 heterocycles. The van der Waals surface area contributed by atoms with Gasteiger partial charge in [-0.05, 0) is 45.0 Å². The van der Waals surface area contributed by atoms with Crippen LogP contribution in [0, 0.1) is 0 Å². The van der Waals surface area contributed by atoms with E-state index in [1.165, 1.54) is 0 Å². The molecule has 1 aromatic carbocycles. The Morgan fingerprint density at radius 2 is 1.71 bits per heavy atom. The molecule has 1 unspecified atom stereocenters. The van der Waals surface area contributed by atoms with Crippen molar-refractivity contribution >= 4 is 21.5 Å². The number of carbonyl (C=O) groups excluding carboxylic acids is 1. The maximum absolute atomic E-state index is 12.5. The third kappa shape index (κ3) is 7.29. The van der Waals surface area contributed by atoms with Crippen molar-refractivity contribution in [3.8, 4) is 0 Å². The fourth-order valence-electron chi connectivity index (χ4n) is 2.66. The van der Waals surface area contributed by atoms with E-state index in [4.69, 9.17) is 0 Å². The highest BCUT2D eigenvalue weighted by Crippen LogP contribution is 2.15. The summed E-state index contributed by atoms with van der Waals surface area (Å²) in [5.74, 6) is -0.0137. The molecule has 0 fully saturated rings. The number of hydrogen-bond donors (Lipinski definition) is 2. The predicted octanol–water partition coefficient (Wildman–Crippen LogP) is -1.52. The van der Waals surface area contributed by atoms with Crippen LogP contribution in [0.15, 0.2) is 24.3 Å². The molecule has 138 valence electrons. The summed E-state index contributed by atoms with van der Waals surface area (Å²) in [5, 5.41) is 9.69. The predicted molar refractivity (Wildman–Crippen MR) is 92.0 cm³/mol. The molecular formula is C16H27BrN2O4S. The summed E-state index contributed by atoms with van der Waals surface area (Å²) in [6.45, 7) is 8.13. The van der Waals surface area contributed by atoms with E-state index in [1.54, 1.807) is 31.2 Å². The summed E-state index contributed by atoms with van der Waals surface area (Å²) in [6.07, 6.45) is 0.611. The fraction of sp³-hybridized carbons (Fsp3) is 0.562. The van der Waals surface area contributed by atoms with E-state index in [-0.39, 0.29) is 22.8 Å². The second-order valence-electron chi connectivity index (χ2n) is 6.04. The molecule has 0 amide bonds. The summed E-state index contributed by atoms with van der Waals surface area (Å²) >= 11 is 0. The van der Waals surface area contributed by atoms with Gasteiger partial charge in [0.15, 0.2) is 0 Å². The van der Waals surface area contributed by atoms with Crippen molar-refractivity contribution in [3.63, 3.8) is 0 Å². The van der Waals surface area contributed by atoms with Gasteiger partial charge >= 0.3 is 0 Å². The topological polar surface area (TPSA) is 83.5 Å². The number of carbonyl (C=O) groups is 1. The summed E-state index contributed by atoms with van der Waals surface area (Å²) in [4.78, 5) is 12.5. The second kappa shape index (κ2) is 9.50. The van der Waals surface area contributed by atoms with E-state index in [9.17, 15) is 18.3 Å². The molecular weight excluding hydrogens is 396 g/mol. The van der Waals surface area contributed by atoms with E-state index < -0.39 is 16.1 Å². The molecule has 0 saturated carbocycles. The number of likely N-dealkylation sites (N-methyl/N-ethyl adjacent to an activating group) is 1. The zero-order chi connectivity index (χ0) is 17.7. The first kappa shape index (κ1) is 23.0. The number of rotatable bonds is 9. The minimum Gasteiger partial charge on any atom is -1.00 e. The number of aliphatic hydroxyl groups is 1. The second-order valence-corrected chi connectivity index (χ2v) is 7.79. The maximum Gasteiger partial charge on any atom is 0.229 e. The molecule has 2 N–H and O–H groups in total. The summed E-state index contributed by atoms with van der Waals surface area (Å²) in [6, 6.07) is 6.40. The SMILES string of the molecule is CC[N+](CC)(CC(=O)c1ccc(NS(C)(=O)=O)cc1)CC(C)O.[Br-]. The van der Waals surface area contributed by atoms with E-state index >= 15 is 0 Å². The number of quaternary nitrogens is 1. The minimum absolute atomic E-state index is 0. The Bertz CT molecular complexity index is 626. The van der Waals surface area contributed by atoms with Gasteiger partial charge in [-0.15, -0.1) is 0 Å². The third-order valence-corrected chi connectivity index (χ3v) is 4.59. The van der Waals surface area contributed by atoms with Crippen molar-refractivity contribution in [1.82, 2.24) is 0 Å². The molecule has 0 bridgehead atoms. The Hall–Kier alpha value is -0.960. The van der Waals surface area contributed by atoms with Crippen LogP contribution in [0.1, 0.15) is 31.1 Å². The molecule has 0 aromatic heterocycles. The first-order valence-electron chi connectivity index (χ1n) is 7.75. The first-order chi connectivity index (χ1) is 10.6. The standard InChI is InChI=1S/C16H26N2O4S.BrH/c1-5-18(6-2,11-13(3)19)12-16(20)14-7-9-15(10-8-14)17-23(4,21)22;/h7-10,13,19H,5-6,11-12H2,1-4H3;1H. The normalized spacial score (nSPS) is 13.0. The van der Waals surface area contributed by atoms with Crippen LogP contribution < -0.4 is 21.7 Å². The molecule has 0 spiro atoms. The summed E-state index contributed by atoms with van der Waals surface area (Å²) < 4.78 is 25.3. The number of aliphatic hydroxyl groups excluding tert-OH is 1. The number of sulfonamides is 1. The van der Waals surface area contributed by atoms with Gasteiger partial charge in [-0.1, -0.05) is 0 Å². The average molecular weight is 423 g/mol. The lowest BCUT2D eigenvalue weighted by atomic mass is 10.1. The largest absolute Gasteiger partial charge is 1.00 e. The lowest BCUT2D eigenvalue weighted by Gasteiger charge is -2.37. The fourth-order valence-corrected chi connectivity index (χ4v) is 3.23. The number of hydrogen-bond acceptors (Lipinski definition) is 4. The lowest BCUT2D eigenvalue weighted by molar-refractivity contribution is -0.919. The van der Waals surface area contributed by atoms with Crippen LogP contribution in [-0.4, -0.2) is 62.3 Å². The average Bonchev–Trinajstić information content (AvgIpc) is 2.45. The number of anilines is 1. The highest BCUT2D eigenvalue weighted by molar-refractivity contribution is 7.92. The number of Topliss-reactive ketones (excluding diaryl/α,β-unsaturated/α-hetero) is 1. The van der Waals surface area contributed by atoms with Gasteiger partial charge in [-0.3, -0.25) is 9.52 Å². The number of benzene rings is 1. The maximum atomic E-state index is 12.5. The number of nitrogens with one attached hydrogen (secondary N) is 1. The molecule has 1 atom stereocenters. The van der Waals surface area contributed by atoms with Gasteiger partial charge in [0.2, 0.25) is 15.8 Å². The number of nitrogens with zero attached hydrogens (tertiary/aromatic N) is 1. The van der Waals surface area contributed by atoms with E-state index in [2.05, 4.69) is 4.72 Å². The van der Waals surface area contributed by atoms with Crippen molar-refractivity contribution in [2.45, 2.75) is 26.9 Å². The van der Waals surface area contributed by atoms with Crippen LogP contribution in [0.4, 0.5) is 5.69 Å². The van der Waals surface area contributed by atoms with Gasteiger partial charge in [-0.25, -0.2) is 8.42 Å². The van der Waals surface area contributed by atoms with Gasteiger partial charge in [0.1, 0.15) is 19.2 Å². The van der Waals surface area contributed by atoms with Crippen LogP contribution in [0.25, 0.3) is 0 Å². The Morgan fingerprint density at radius 3 is 2.08 bits per heavy atom. The molecule has 6 nitrogen and oxygen atoms in total. The van der Waals surface area contributed by atoms with Gasteiger partial charge in [0.25, 0.3) is 0 Å². The molecule has 1 aromatic rings. The Labute approximate surface area is 155 Å². The zero-order valence-corrected chi connectivity index (χ0v) is 17.0. The molecule has 8 heteroatoms. The van der Waals surface area contributed by atoms with Gasteiger partial charge < -0.3 is 26.6 Å². The van der Waals surface area contributed by atoms with E-state index in [0.717, 1.165) is 19.3 Å². The van der Waals surface area contributed by atoms with Crippen molar-refractivity contribution < 1.29 is 39.8 Å². The van der Waals surface area contributed by atoms with Gasteiger partial charge in [0.05, 0.1) is 19.3 Å². The van der Waals surface area contributed by atoms with Crippen LogP contribution in [-0.2, 0) is 10.0 Å².